The van der Waals surface area contributed by atoms with Gasteiger partial charge in [0.15, 0.2) is 5.75 Å². The van der Waals surface area contributed by atoms with E-state index in [1.165, 1.54) is 24.3 Å². The zero-order valence-electron chi connectivity index (χ0n) is 38.6. The van der Waals surface area contributed by atoms with Gasteiger partial charge < -0.3 is 23.9 Å². The predicted octanol–water partition coefficient (Wildman–Crippen LogP) is 11.3. The third-order valence-corrected chi connectivity index (χ3v) is 19.6. The van der Waals surface area contributed by atoms with E-state index >= 15 is 0 Å². The summed E-state index contributed by atoms with van der Waals surface area (Å²) in [5.74, 6) is 0.0732. The third-order valence-electron chi connectivity index (χ3n) is 13.3. The standard InChI is InChI=1S/C29H36ClFN2O2Si.C23H19FN4O2/c1-17(2)36(18(3)4,19(5)6)35-28-26-25(16-33(7)29(26)34)24(14-30)23-13-21(15-32-27(23)28)12-20-8-10-22(31)11-9-20;1-27-11-19-18(12-28-7-6-25-13-28)17-9-15(8-14-2-4-16(24)5-3-14)10-26-21(17)22(29)20(19)23(27)30/h8-11,13,15,17-19H,12,14,16H2,1-7H3;2-7,9-10,13,29H,8,11-12H2,1H3. The van der Waals surface area contributed by atoms with Crippen LogP contribution in [0, 0.1) is 11.6 Å². The van der Waals surface area contributed by atoms with Gasteiger partial charge in [-0.05, 0) is 110 Å². The lowest BCUT2D eigenvalue weighted by atomic mass is 9.94. The number of aromatic nitrogens is 4. The van der Waals surface area contributed by atoms with E-state index in [9.17, 15) is 23.5 Å². The third kappa shape index (κ3) is 8.54. The van der Waals surface area contributed by atoms with Gasteiger partial charge >= 0.3 is 0 Å². The Bertz CT molecular complexity index is 2940. The molecule has 5 heterocycles. The number of pyridine rings is 2. The molecule has 0 aliphatic carbocycles. The molecule has 3 aromatic heterocycles. The highest BCUT2D eigenvalue weighted by Gasteiger charge is 2.49. The minimum atomic E-state index is -2.37. The zero-order chi connectivity index (χ0) is 47.2. The Kier molecular flexibility index (Phi) is 13.1. The number of nitrogens with zero attached hydrogens (tertiary/aromatic N) is 6. The number of rotatable bonds is 12. The molecule has 0 spiro atoms. The van der Waals surface area contributed by atoms with Crippen molar-refractivity contribution in [1.29, 1.82) is 0 Å². The van der Waals surface area contributed by atoms with Crippen LogP contribution in [-0.2, 0) is 38.4 Å². The van der Waals surface area contributed by atoms with E-state index in [2.05, 4.69) is 57.6 Å². The van der Waals surface area contributed by atoms with Gasteiger partial charge in [0.2, 0.25) is 0 Å². The van der Waals surface area contributed by atoms with Crippen molar-refractivity contribution in [1.82, 2.24) is 29.3 Å². The number of hydrogen-bond acceptors (Lipinski definition) is 7. The minimum absolute atomic E-state index is 0.0374. The molecule has 0 atom stereocenters. The van der Waals surface area contributed by atoms with Gasteiger partial charge in [0, 0.05) is 75.2 Å². The van der Waals surface area contributed by atoms with Gasteiger partial charge in [-0.3, -0.25) is 19.6 Å². The van der Waals surface area contributed by atoms with Crippen LogP contribution < -0.4 is 4.43 Å². The van der Waals surface area contributed by atoms with E-state index in [0.29, 0.717) is 77.0 Å². The van der Waals surface area contributed by atoms with Gasteiger partial charge in [0.05, 0.1) is 17.5 Å². The lowest BCUT2D eigenvalue weighted by Gasteiger charge is -2.42. The van der Waals surface area contributed by atoms with E-state index in [1.807, 2.05) is 30.1 Å². The molecule has 0 fully saturated rings. The molecule has 0 radical (unpaired) electrons. The molecule has 4 aromatic carbocycles. The summed E-state index contributed by atoms with van der Waals surface area (Å²) < 4.78 is 35.7. The Morgan fingerprint density at radius 2 is 1.20 bits per heavy atom. The molecule has 2 aliphatic rings. The number of carbonyl (C=O) groups is 2. The SMILES string of the molecule is CC(C)[Si](Oc1c2c(c(CCl)c3cc(Cc4ccc(F)cc4)cnc13)CN(C)C2=O)(C(C)C)C(C)C.CN1Cc2c(c(O)c3ncc(Cc4ccc(F)cc4)cc3c2Cn2ccnc2)C1=O. The first kappa shape index (κ1) is 46.4. The smallest absolute Gasteiger partial charge is 0.258 e. The van der Waals surface area contributed by atoms with Crippen LogP contribution in [-0.4, -0.2) is 68.7 Å². The largest absolute Gasteiger partial charge is 0.541 e. The monoisotopic (exact) mass is 928 g/mol. The second-order valence-corrected chi connectivity index (χ2v) is 24.2. The molecule has 7 aromatic rings. The van der Waals surface area contributed by atoms with E-state index in [-0.39, 0.29) is 35.1 Å². The summed E-state index contributed by atoms with van der Waals surface area (Å²) in [5, 5.41) is 12.6. The molecule has 1 N–H and O–H groups in total. The Hall–Kier alpha value is -6.18. The summed E-state index contributed by atoms with van der Waals surface area (Å²) in [7, 11) is 1.18. The highest BCUT2D eigenvalue weighted by atomic mass is 35.5. The number of carbonyl (C=O) groups excluding carboxylic acids is 2. The number of phenolic OH excluding ortho intramolecular Hbond substituents is 1. The van der Waals surface area contributed by atoms with Crippen LogP contribution in [0.2, 0.25) is 16.6 Å². The zero-order valence-corrected chi connectivity index (χ0v) is 40.4. The summed E-state index contributed by atoms with van der Waals surface area (Å²) in [6, 6.07) is 17.0. The molecular formula is C52H55ClF2N6O4Si. The summed E-state index contributed by atoms with van der Waals surface area (Å²) in [5.41, 5.74) is 10.7. The number of fused-ring (bicyclic) bond motifs is 4. The Balaban J connectivity index is 0.000000182. The fourth-order valence-corrected chi connectivity index (χ4v) is 15.8. The van der Waals surface area contributed by atoms with E-state index in [1.54, 1.807) is 59.8 Å². The van der Waals surface area contributed by atoms with E-state index in [4.69, 9.17) is 21.0 Å². The molecule has 0 unspecified atom stereocenters. The van der Waals surface area contributed by atoms with Crippen LogP contribution in [0.5, 0.6) is 11.5 Å². The highest BCUT2D eigenvalue weighted by Crippen LogP contribution is 2.48. The van der Waals surface area contributed by atoms with Crippen LogP contribution in [0.4, 0.5) is 8.78 Å². The fraction of sp³-hybridized carbons (Fsp3) is 0.327. The van der Waals surface area contributed by atoms with Crippen LogP contribution >= 0.6 is 11.6 Å². The molecule has 2 amide bonds. The first-order chi connectivity index (χ1) is 31.5. The predicted molar refractivity (Wildman–Crippen MR) is 258 cm³/mol. The van der Waals surface area contributed by atoms with E-state index < -0.39 is 8.32 Å². The van der Waals surface area contributed by atoms with Gasteiger partial charge in [-0.25, -0.2) is 13.8 Å². The normalized spacial score (nSPS) is 13.7. The van der Waals surface area contributed by atoms with Crippen molar-refractivity contribution < 1.29 is 27.9 Å². The summed E-state index contributed by atoms with van der Waals surface area (Å²) in [4.78, 5) is 42.9. The number of imidazole rings is 1. The average Bonchev–Trinajstić information content (AvgIpc) is 3.99. The number of aromatic hydroxyl groups is 1. The average molecular weight is 930 g/mol. The molecular weight excluding hydrogens is 874 g/mol. The van der Waals surface area contributed by atoms with Gasteiger partial charge in [0.25, 0.3) is 20.1 Å². The van der Waals surface area contributed by atoms with Crippen molar-refractivity contribution in [2.75, 3.05) is 14.1 Å². The quantitative estimate of drug-likeness (QED) is 0.0959. The number of alkyl halides is 1. The number of halogens is 3. The van der Waals surface area contributed by atoms with Gasteiger partial charge in [-0.2, -0.15) is 0 Å². The van der Waals surface area contributed by atoms with E-state index in [0.717, 1.165) is 55.3 Å². The second-order valence-electron chi connectivity index (χ2n) is 18.5. The molecule has 0 bridgehead atoms. The van der Waals surface area contributed by atoms with Crippen LogP contribution in [0.3, 0.4) is 0 Å². The Morgan fingerprint density at radius 3 is 1.68 bits per heavy atom. The Labute approximate surface area is 390 Å². The molecule has 66 heavy (non-hydrogen) atoms. The topological polar surface area (TPSA) is 114 Å². The lowest BCUT2D eigenvalue weighted by Crippen LogP contribution is -2.51. The number of hydrogen-bond donors (Lipinski definition) is 1. The molecule has 342 valence electrons. The van der Waals surface area contributed by atoms with Gasteiger partial charge in [-0.15, -0.1) is 11.6 Å². The van der Waals surface area contributed by atoms with Crippen molar-refractivity contribution in [2.45, 2.75) is 96.5 Å². The van der Waals surface area contributed by atoms with Gasteiger partial charge in [-0.1, -0.05) is 65.8 Å². The van der Waals surface area contributed by atoms with Crippen molar-refractivity contribution in [2.24, 2.45) is 0 Å². The maximum atomic E-state index is 13.4. The minimum Gasteiger partial charge on any atom is -0.541 e. The summed E-state index contributed by atoms with van der Waals surface area (Å²) >= 11 is 6.52. The molecule has 0 saturated carbocycles. The van der Waals surface area contributed by atoms with Crippen molar-refractivity contribution >= 4 is 53.5 Å². The maximum absolute atomic E-state index is 13.4. The lowest BCUT2D eigenvalue weighted by molar-refractivity contribution is 0.0807. The molecule has 10 nitrogen and oxygen atoms in total. The van der Waals surface area contributed by atoms with Crippen molar-refractivity contribution in [3.63, 3.8) is 0 Å². The number of phenols is 1. The molecule has 2 aliphatic heterocycles. The van der Waals surface area contributed by atoms with Crippen LogP contribution in [0.25, 0.3) is 21.8 Å². The fourth-order valence-electron chi connectivity index (χ4n) is 10.2. The summed E-state index contributed by atoms with van der Waals surface area (Å²) in [6.45, 7) is 14.9. The highest BCUT2D eigenvalue weighted by molar-refractivity contribution is 6.78. The van der Waals surface area contributed by atoms with Gasteiger partial charge in [0.1, 0.15) is 28.4 Å². The van der Waals surface area contributed by atoms with Crippen LogP contribution in [0.1, 0.15) is 107 Å². The number of amides is 2. The molecule has 9 rings (SSSR count). The molecule has 14 heteroatoms. The number of benzene rings is 4. The first-order valence-corrected chi connectivity index (χ1v) is 25.0. The van der Waals surface area contributed by atoms with Crippen LogP contribution in [0.15, 0.2) is 91.8 Å². The van der Waals surface area contributed by atoms with Crippen molar-refractivity contribution in [3.8, 4) is 11.5 Å². The second kappa shape index (κ2) is 18.6. The first-order valence-electron chi connectivity index (χ1n) is 22.3. The Morgan fingerprint density at radius 1 is 0.712 bits per heavy atom. The maximum Gasteiger partial charge on any atom is 0.258 e. The molecule has 0 saturated heterocycles. The van der Waals surface area contributed by atoms with Crippen molar-refractivity contribution in [3.05, 3.63) is 159 Å². The summed E-state index contributed by atoms with van der Waals surface area (Å²) in [6.07, 6.45) is 10.0.